The molecule has 1 rings (SSSR count). The standard InChI is InChI=1S/C13H18ClNO3/c1-3-11(13(16)15-8-9-17-2)18-12-7-5-4-6-10(12)14/h4-7,11H,3,8-9H2,1-2H3,(H,15,16)/t11-/m1/s1. The molecule has 100 valence electrons. The Bertz CT molecular complexity index is 384. The van der Waals surface area contributed by atoms with Crippen molar-refractivity contribution in [3.63, 3.8) is 0 Å². The van der Waals surface area contributed by atoms with E-state index in [9.17, 15) is 4.79 Å². The van der Waals surface area contributed by atoms with E-state index in [1.807, 2.05) is 19.1 Å². The minimum Gasteiger partial charge on any atom is -0.479 e. The number of benzene rings is 1. The molecular weight excluding hydrogens is 254 g/mol. The Balaban J connectivity index is 2.56. The van der Waals surface area contributed by atoms with Crippen LogP contribution < -0.4 is 10.1 Å². The molecule has 0 saturated heterocycles. The topological polar surface area (TPSA) is 47.6 Å². The highest BCUT2D eigenvalue weighted by Crippen LogP contribution is 2.24. The summed E-state index contributed by atoms with van der Waals surface area (Å²) in [7, 11) is 1.59. The van der Waals surface area contributed by atoms with Crippen molar-refractivity contribution in [2.45, 2.75) is 19.4 Å². The second kappa shape index (κ2) is 7.95. The molecule has 0 radical (unpaired) electrons. The summed E-state index contributed by atoms with van der Waals surface area (Å²) in [6.07, 6.45) is 0.0334. The molecule has 0 aliphatic carbocycles. The normalized spacial score (nSPS) is 11.9. The van der Waals surface area contributed by atoms with Crippen molar-refractivity contribution >= 4 is 17.5 Å². The molecule has 0 unspecified atom stereocenters. The average Bonchev–Trinajstić information content (AvgIpc) is 2.38. The lowest BCUT2D eigenvalue weighted by molar-refractivity contribution is -0.128. The smallest absolute Gasteiger partial charge is 0.261 e. The zero-order valence-electron chi connectivity index (χ0n) is 10.6. The van der Waals surface area contributed by atoms with Crippen molar-refractivity contribution in [3.8, 4) is 5.75 Å². The van der Waals surface area contributed by atoms with Crippen LogP contribution in [0.3, 0.4) is 0 Å². The second-order valence-electron chi connectivity index (χ2n) is 3.73. The van der Waals surface area contributed by atoms with Crippen LogP contribution in [0.1, 0.15) is 13.3 Å². The van der Waals surface area contributed by atoms with Crippen LogP contribution >= 0.6 is 11.6 Å². The van der Waals surface area contributed by atoms with Crippen LogP contribution in [-0.2, 0) is 9.53 Å². The van der Waals surface area contributed by atoms with E-state index < -0.39 is 6.10 Å². The average molecular weight is 272 g/mol. The second-order valence-corrected chi connectivity index (χ2v) is 4.14. The summed E-state index contributed by atoms with van der Waals surface area (Å²) in [5.41, 5.74) is 0. The summed E-state index contributed by atoms with van der Waals surface area (Å²) in [6.45, 7) is 2.84. The molecule has 0 spiro atoms. The van der Waals surface area contributed by atoms with Gasteiger partial charge in [0.05, 0.1) is 11.6 Å². The lowest BCUT2D eigenvalue weighted by atomic mass is 10.2. The number of hydrogen-bond donors (Lipinski definition) is 1. The van der Waals surface area contributed by atoms with Gasteiger partial charge in [-0.1, -0.05) is 30.7 Å². The minimum atomic E-state index is -0.540. The fourth-order valence-electron chi connectivity index (χ4n) is 1.41. The highest BCUT2D eigenvalue weighted by molar-refractivity contribution is 6.32. The van der Waals surface area contributed by atoms with Crippen LogP contribution in [0.2, 0.25) is 5.02 Å². The van der Waals surface area contributed by atoms with E-state index in [-0.39, 0.29) is 5.91 Å². The molecule has 1 atom stereocenters. The van der Waals surface area contributed by atoms with Gasteiger partial charge < -0.3 is 14.8 Å². The van der Waals surface area contributed by atoms with Crippen molar-refractivity contribution in [2.75, 3.05) is 20.3 Å². The summed E-state index contributed by atoms with van der Waals surface area (Å²) >= 11 is 5.98. The van der Waals surface area contributed by atoms with E-state index in [0.29, 0.717) is 30.3 Å². The fraction of sp³-hybridized carbons (Fsp3) is 0.462. The molecule has 1 N–H and O–H groups in total. The zero-order valence-corrected chi connectivity index (χ0v) is 11.4. The maximum atomic E-state index is 11.8. The Labute approximate surface area is 112 Å². The quantitative estimate of drug-likeness (QED) is 0.774. The summed E-state index contributed by atoms with van der Waals surface area (Å²) in [5.74, 6) is 0.363. The molecule has 0 heterocycles. The Morgan fingerprint density at radius 3 is 2.78 bits per heavy atom. The van der Waals surface area contributed by atoms with Gasteiger partial charge in [-0.25, -0.2) is 0 Å². The third kappa shape index (κ3) is 4.55. The van der Waals surface area contributed by atoms with Crippen LogP contribution in [-0.4, -0.2) is 32.3 Å². The number of halogens is 1. The highest BCUT2D eigenvalue weighted by Gasteiger charge is 2.18. The molecule has 18 heavy (non-hydrogen) atoms. The number of carbonyl (C=O) groups excluding carboxylic acids is 1. The number of ether oxygens (including phenoxy) is 2. The Hall–Kier alpha value is -1.26. The summed E-state index contributed by atoms with van der Waals surface area (Å²) in [4.78, 5) is 11.8. The Morgan fingerprint density at radius 2 is 2.17 bits per heavy atom. The van der Waals surface area contributed by atoms with E-state index in [1.165, 1.54) is 0 Å². The molecule has 0 aromatic heterocycles. The van der Waals surface area contributed by atoms with Gasteiger partial charge in [0.2, 0.25) is 0 Å². The largest absolute Gasteiger partial charge is 0.479 e. The first-order chi connectivity index (χ1) is 8.69. The number of hydrogen-bond acceptors (Lipinski definition) is 3. The van der Waals surface area contributed by atoms with E-state index in [0.717, 1.165) is 0 Å². The van der Waals surface area contributed by atoms with Gasteiger partial charge in [0.25, 0.3) is 5.91 Å². The maximum Gasteiger partial charge on any atom is 0.261 e. The van der Waals surface area contributed by atoms with Gasteiger partial charge in [-0.05, 0) is 18.6 Å². The van der Waals surface area contributed by atoms with E-state index in [4.69, 9.17) is 21.1 Å². The van der Waals surface area contributed by atoms with Gasteiger partial charge in [0.15, 0.2) is 6.10 Å². The Kier molecular flexibility index (Phi) is 6.54. The Morgan fingerprint density at radius 1 is 1.44 bits per heavy atom. The SMILES string of the molecule is CC[C@@H](Oc1ccccc1Cl)C(=O)NCCOC. The number of rotatable bonds is 7. The summed E-state index contributed by atoms with van der Waals surface area (Å²) in [6, 6.07) is 7.10. The molecule has 5 heteroatoms. The minimum absolute atomic E-state index is 0.158. The van der Waals surface area contributed by atoms with Gasteiger partial charge >= 0.3 is 0 Å². The third-order valence-corrected chi connectivity index (χ3v) is 2.69. The lowest BCUT2D eigenvalue weighted by Gasteiger charge is -2.17. The van der Waals surface area contributed by atoms with Crippen molar-refractivity contribution in [1.82, 2.24) is 5.32 Å². The zero-order chi connectivity index (χ0) is 13.4. The van der Waals surface area contributed by atoms with Gasteiger partial charge in [0, 0.05) is 13.7 Å². The first-order valence-electron chi connectivity index (χ1n) is 5.86. The molecule has 1 amide bonds. The van der Waals surface area contributed by atoms with E-state index in [2.05, 4.69) is 5.32 Å². The van der Waals surface area contributed by atoms with E-state index in [1.54, 1.807) is 19.2 Å². The van der Waals surface area contributed by atoms with E-state index >= 15 is 0 Å². The summed E-state index contributed by atoms with van der Waals surface area (Å²) < 4.78 is 10.5. The maximum absolute atomic E-state index is 11.8. The van der Waals surface area contributed by atoms with Gasteiger partial charge in [0.1, 0.15) is 5.75 Å². The number of nitrogens with one attached hydrogen (secondary N) is 1. The molecule has 0 fully saturated rings. The van der Waals surface area contributed by atoms with Crippen molar-refractivity contribution in [2.24, 2.45) is 0 Å². The van der Waals surface area contributed by atoms with Crippen LogP contribution in [0, 0.1) is 0 Å². The molecular formula is C13H18ClNO3. The third-order valence-electron chi connectivity index (χ3n) is 2.37. The number of carbonyl (C=O) groups is 1. The van der Waals surface area contributed by atoms with Crippen LogP contribution in [0.5, 0.6) is 5.75 Å². The number of methoxy groups -OCH3 is 1. The first-order valence-corrected chi connectivity index (χ1v) is 6.24. The molecule has 1 aromatic rings. The molecule has 4 nitrogen and oxygen atoms in total. The first kappa shape index (κ1) is 14.8. The molecule has 0 aliphatic heterocycles. The molecule has 0 aliphatic rings. The van der Waals surface area contributed by atoms with Gasteiger partial charge in [-0.15, -0.1) is 0 Å². The monoisotopic (exact) mass is 271 g/mol. The van der Waals surface area contributed by atoms with Crippen LogP contribution in [0.4, 0.5) is 0 Å². The molecule has 0 bridgehead atoms. The lowest BCUT2D eigenvalue weighted by Crippen LogP contribution is -2.39. The van der Waals surface area contributed by atoms with Gasteiger partial charge in [-0.2, -0.15) is 0 Å². The van der Waals surface area contributed by atoms with Crippen molar-refractivity contribution in [1.29, 1.82) is 0 Å². The van der Waals surface area contributed by atoms with Crippen molar-refractivity contribution in [3.05, 3.63) is 29.3 Å². The van der Waals surface area contributed by atoms with Crippen molar-refractivity contribution < 1.29 is 14.3 Å². The molecule has 1 aromatic carbocycles. The molecule has 0 saturated carbocycles. The number of amides is 1. The number of para-hydroxylation sites is 1. The summed E-state index contributed by atoms with van der Waals surface area (Å²) in [5, 5.41) is 3.24. The van der Waals surface area contributed by atoms with Crippen LogP contribution in [0.25, 0.3) is 0 Å². The van der Waals surface area contributed by atoms with Gasteiger partial charge in [-0.3, -0.25) is 4.79 Å². The van der Waals surface area contributed by atoms with Crippen LogP contribution in [0.15, 0.2) is 24.3 Å². The predicted octanol–water partition coefficient (Wildman–Crippen LogP) is 2.26. The predicted molar refractivity (Wildman–Crippen MR) is 71.0 cm³/mol. The fourth-order valence-corrected chi connectivity index (χ4v) is 1.59. The highest BCUT2D eigenvalue weighted by atomic mass is 35.5.